The molecule has 0 spiro atoms. The first-order valence-electron chi connectivity index (χ1n) is 14.0. The van der Waals surface area contributed by atoms with E-state index < -0.39 is 29.8 Å². The first-order valence-corrected chi connectivity index (χ1v) is 14.0. The van der Waals surface area contributed by atoms with E-state index >= 15 is 0 Å². The molecule has 0 heterocycles. The number of unbranched alkanes of at least 4 members (excludes halogenated alkanes) is 5. The highest BCUT2D eigenvalue weighted by atomic mass is 16.7. The Labute approximate surface area is 231 Å². The van der Waals surface area contributed by atoms with E-state index in [1.807, 2.05) is 20.8 Å². The number of esters is 2. The van der Waals surface area contributed by atoms with Crippen molar-refractivity contribution < 1.29 is 43.2 Å². The molecule has 1 atom stereocenters. The Kier molecular flexibility index (Phi) is 15.8. The minimum absolute atomic E-state index is 0.00722. The molecule has 10 nitrogen and oxygen atoms in total. The number of hydrogen-bond donors (Lipinski definition) is 2. The van der Waals surface area contributed by atoms with Gasteiger partial charge in [-0.05, 0) is 50.8 Å². The Morgan fingerprint density at radius 2 is 1.41 bits per heavy atom. The fraction of sp³-hybridized carbons (Fsp3) is 0.655. The van der Waals surface area contributed by atoms with Crippen LogP contribution in [0.15, 0.2) is 18.2 Å². The molecule has 0 saturated heterocycles. The van der Waals surface area contributed by atoms with Gasteiger partial charge >= 0.3 is 24.1 Å². The van der Waals surface area contributed by atoms with Crippen molar-refractivity contribution in [1.82, 2.24) is 5.32 Å². The van der Waals surface area contributed by atoms with Crippen LogP contribution in [0.25, 0.3) is 0 Å². The third-order valence-corrected chi connectivity index (χ3v) is 5.72. The Hall–Kier alpha value is -3.14. The molecule has 0 radical (unpaired) electrons. The van der Waals surface area contributed by atoms with Crippen LogP contribution < -0.4 is 14.8 Å². The topological polar surface area (TPSA) is 137 Å². The number of nitrogens with one attached hydrogen (secondary N) is 1. The molecule has 0 aliphatic rings. The van der Waals surface area contributed by atoms with Crippen LogP contribution in [0.2, 0.25) is 0 Å². The Morgan fingerprint density at radius 1 is 0.846 bits per heavy atom. The summed E-state index contributed by atoms with van der Waals surface area (Å²) in [5.41, 5.74) is -1.79. The average Bonchev–Trinajstić information content (AvgIpc) is 2.85. The SMILES string of the molecule is CCCCCC(=O)Oc1ccc(C[C@](NC(C)C)(OC(=O)OCCCC)C(=O)O)cc1OC(=O)CCCCC. The van der Waals surface area contributed by atoms with Gasteiger partial charge in [0.15, 0.2) is 11.5 Å². The van der Waals surface area contributed by atoms with E-state index in [9.17, 15) is 24.3 Å². The zero-order chi connectivity index (χ0) is 29.3. The fourth-order valence-corrected chi connectivity index (χ4v) is 3.74. The number of ether oxygens (including phenoxy) is 4. The monoisotopic (exact) mass is 551 g/mol. The molecule has 10 heteroatoms. The van der Waals surface area contributed by atoms with Crippen LogP contribution in [0.3, 0.4) is 0 Å². The van der Waals surface area contributed by atoms with E-state index in [1.165, 1.54) is 18.2 Å². The van der Waals surface area contributed by atoms with Gasteiger partial charge < -0.3 is 24.1 Å². The molecule has 2 N–H and O–H groups in total. The van der Waals surface area contributed by atoms with E-state index in [0.717, 1.165) is 32.1 Å². The Morgan fingerprint density at radius 3 is 1.92 bits per heavy atom. The normalized spacial score (nSPS) is 12.5. The number of carbonyl (C=O) groups is 4. The molecule has 0 unspecified atom stereocenters. The molecule has 1 rings (SSSR count). The second-order valence-corrected chi connectivity index (χ2v) is 9.81. The van der Waals surface area contributed by atoms with Crippen LogP contribution in [0, 0.1) is 0 Å². The van der Waals surface area contributed by atoms with Crippen molar-refractivity contribution in [2.45, 2.75) is 117 Å². The van der Waals surface area contributed by atoms with Gasteiger partial charge in [-0.2, -0.15) is 0 Å². The highest BCUT2D eigenvalue weighted by molar-refractivity contribution is 5.81. The molecule has 0 fully saturated rings. The number of rotatable bonds is 19. The van der Waals surface area contributed by atoms with Gasteiger partial charge in [-0.1, -0.05) is 58.9 Å². The molecule has 39 heavy (non-hydrogen) atoms. The second kappa shape index (κ2) is 18.2. The minimum atomic E-state index is -2.15. The summed E-state index contributed by atoms with van der Waals surface area (Å²) in [6, 6.07) is 4.04. The van der Waals surface area contributed by atoms with E-state index in [2.05, 4.69) is 5.32 Å². The van der Waals surface area contributed by atoms with Crippen molar-refractivity contribution in [2.24, 2.45) is 0 Å². The van der Waals surface area contributed by atoms with Crippen molar-refractivity contribution in [1.29, 1.82) is 0 Å². The highest BCUT2D eigenvalue weighted by Gasteiger charge is 2.44. The Balaban J connectivity index is 3.29. The molecule has 0 aliphatic heterocycles. The first-order chi connectivity index (χ1) is 18.6. The maximum atomic E-state index is 12.5. The standard InChI is InChI=1S/C29H45NO9/c1-6-9-12-14-25(31)37-23-17-16-22(19-24(23)38-26(32)15-13-10-7-2)20-29(27(33)34,30-21(4)5)39-28(35)36-18-11-8-3/h16-17,19,21,30H,6-15,18,20H2,1-5H3,(H,33,34)/t29-/m0/s1. The molecule has 1 aromatic carbocycles. The summed E-state index contributed by atoms with van der Waals surface area (Å²) in [5, 5.41) is 12.9. The zero-order valence-corrected chi connectivity index (χ0v) is 24.0. The summed E-state index contributed by atoms with van der Waals surface area (Å²) in [4.78, 5) is 49.6. The van der Waals surface area contributed by atoms with Gasteiger partial charge in [0.05, 0.1) is 6.61 Å². The van der Waals surface area contributed by atoms with Crippen molar-refractivity contribution in [3.05, 3.63) is 23.8 Å². The highest BCUT2D eigenvalue weighted by Crippen LogP contribution is 2.32. The number of carboxylic acid groups (broad SMARTS) is 1. The third-order valence-electron chi connectivity index (χ3n) is 5.72. The quantitative estimate of drug-likeness (QED) is 0.0920. The first kappa shape index (κ1) is 33.9. The van der Waals surface area contributed by atoms with Crippen molar-refractivity contribution >= 4 is 24.1 Å². The predicted molar refractivity (Wildman–Crippen MR) is 146 cm³/mol. The molecule has 1 aromatic rings. The van der Waals surface area contributed by atoms with Crippen molar-refractivity contribution in [2.75, 3.05) is 6.61 Å². The van der Waals surface area contributed by atoms with Gasteiger partial charge in [0.2, 0.25) is 0 Å². The fourth-order valence-electron chi connectivity index (χ4n) is 3.74. The minimum Gasteiger partial charge on any atom is -0.477 e. The summed E-state index contributed by atoms with van der Waals surface area (Å²) in [6.07, 6.45) is 5.33. The van der Waals surface area contributed by atoms with Crippen LogP contribution in [0.4, 0.5) is 4.79 Å². The van der Waals surface area contributed by atoms with E-state index in [-0.39, 0.29) is 43.4 Å². The lowest BCUT2D eigenvalue weighted by Crippen LogP contribution is -2.59. The summed E-state index contributed by atoms with van der Waals surface area (Å²) < 4.78 is 21.4. The largest absolute Gasteiger partial charge is 0.510 e. The van der Waals surface area contributed by atoms with Crippen molar-refractivity contribution in [3.63, 3.8) is 0 Å². The van der Waals surface area contributed by atoms with Gasteiger partial charge in [-0.3, -0.25) is 14.9 Å². The summed E-state index contributed by atoms with van der Waals surface area (Å²) >= 11 is 0. The van der Waals surface area contributed by atoms with E-state index in [0.29, 0.717) is 24.8 Å². The molecule has 220 valence electrons. The van der Waals surface area contributed by atoms with Gasteiger partial charge in [0, 0.05) is 25.3 Å². The van der Waals surface area contributed by atoms with Crippen molar-refractivity contribution in [3.8, 4) is 11.5 Å². The van der Waals surface area contributed by atoms with Gasteiger partial charge in [-0.25, -0.2) is 9.59 Å². The van der Waals surface area contributed by atoms with Crippen LogP contribution in [0.5, 0.6) is 11.5 Å². The molecular formula is C29H45NO9. The van der Waals surface area contributed by atoms with Gasteiger partial charge in [0.25, 0.3) is 5.72 Å². The lowest BCUT2D eigenvalue weighted by Gasteiger charge is -2.31. The number of carboxylic acids is 1. The predicted octanol–water partition coefficient (Wildman–Crippen LogP) is 5.93. The zero-order valence-electron chi connectivity index (χ0n) is 24.0. The maximum Gasteiger partial charge on any atom is 0.510 e. The molecule has 0 aliphatic carbocycles. The van der Waals surface area contributed by atoms with Gasteiger partial charge in [0.1, 0.15) is 0 Å². The molecule has 0 aromatic heterocycles. The van der Waals surface area contributed by atoms with Crippen LogP contribution in [0.1, 0.15) is 104 Å². The smallest absolute Gasteiger partial charge is 0.477 e. The lowest BCUT2D eigenvalue weighted by atomic mass is 10.0. The molecule has 0 bridgehead atoms. The number of aliphatic carboxylic acids is 1. The number of carbonyl (C=O) groups excluding carboxylic acids is 3. The third kappa shape index (κ3) is 13.0. The summed E-state index contributed by atoms with van der Waals surface area (Å²) in [5.74, 6) is -2.33. The Bertz CT molecular complexity index is 931. The van der Waals surface area contributed by atoms with E-state index in [4.69, 9.17) is 18.9 Å². The molecule has 0 saturated carbocycles. The van der Waals surface area contributed by atoms with E-state index in [1.54, 1.807) is 13.8 Å². The molecule has 0 amide bonds. The number of benzene rings is 1. The summed E-state index contributed by atoms with van der Waals surface area (Å²) in [6.45, 7) is 9.51. The lowest BCUT2D eigenvalue weighted by molar-refractivity contribution is -0.166. The second-order valence-electron chi connectivity index (χ2n) is 9.81. The average molecular weight is 552 g/mol. The van der Waals surface area contributed by atoms with Crippen LogP contribution in [-0.4, -0.2) is 47.5 Å². The van der Waals surface area contributed by atoms with Gasteiger partial charge in [-0.15, -0.1) is 0 Å². The summed E-state index contributed by atoms with van der Waals surface area (Å²) in [7, 11) is 0. The maximum absolute atomic E-state index is 12.5. The van der Waals surface area contributed by atoms with Crippen LogP contribution in [-0.2, 0) is 30.3 Å². The van der Waals surface area contributed by atoms with Crippen LogP contribution >= 0.6 is 0 Å². The molecular weight excluding hydrogens is 506 g/mol. The number of hydrogen-bond acceptors (Lipinski definition) is 9.